The minimum Gasteiger partial charge on any atom is -0.309 e. The third-order valence-corrected chi connectivity index (χ3v) is 14.3. The Morgan fingerprint density at radius 2 is 0.738 bits per heavy atom. The SMILES string of the molecule is c1ccc(C2(c3ccccc3)c3ccccc3-c3cc4c5cc(-c6ccc7c(c6)c6ccccc6n7-c6ccc7ccccc7c6)ccc5n(-c5ccc6ccccc6c5)c4cc32)cc1. The Kier molecular flexibility index (Phi) is 7.64. The van der Waals surface area contributed by atoms with Gasteiger partial charge in [-0.2, -0.15) is 0 Å². The van der Waals surface area contributed by atoms with Gasteiger partial charge in [0.15, 0.2) is 0 Å². The van der Waals surface area contributed by atoms with Gasteiger partial charge in [0.1, 0.15) is 0 Å². The highest BCUT2D eigenvalue weighted by atomic mass is 15.0. The molecule has 1 aliphatic rings. The fraction of sp³-hybridized carbons (Fsp3) is 0.0159. The van der Waals surface area contributed by atoms with E-state index in [4.69, 9.17) is 0 Å². The van der Waals surface area contributed by atoms with Crippen molar-refractivity contribution in [3.8, 4) is 33.6 Å². The van der Waals surface area contributed by atoms with E-state index in [1.165, 1.54) is 115 Å². The highest BCUT2D eigenvalue weighted by molar-refractivity contribution is 6.14. The minimum atomic E-state index is -0.500. The molecule has 0 saturated carbocycles. The van der Waals surface area contributed by atoms with E-state index < -0.39 is 5.41 Å². The summed E-state index contributed by atoms with van der Waals surface area (Å²) < 4.78 is 4.93. The molecule has 2 heterocycles. The predicted octanol–water partition coefficient (Wildman–Crippen LogP) is 16.2. The quantitative estimate of drug-likeness (QED) is 0.164. The molecule has 2 aromatic heterocycles. The molecule has 0 saturated heterocycles. The van der Waals surface area contributed by atoms with Crippen molar-refractivity contribution in [3.05, 3.63) is 265 Å². The second kappa shape index (κ2) is 13.8. The van der Waals surface area contributed by atoms with E-state index in [1.807, 2.05) is 0 Å². The second-order valence-corrected chi connectivity index (χ2v) is 17.7. The molecule has 0 bridgehead atoms. The lowest BCUT2D eigenvalue weighted by molar-refractivity contribution is 0.769. The molecule has 0 spiro atoms. The summed E-state index contributed by atoms with van der Waals surface area (Å²) in [6.45, 7) is 0. The van der Waals surface area contributed by atoms with Crippen molar-refractivity contribution >= 4 is 65.2 Å². The molecule has 0 fully saturated rings. The number of fused-ring (bicyclic) bond motifs is 11. The standard InChI is InChI=1S/C63H40N2/c1-3-19-47(20-4-1)63(48-21-5-2-6-22-48)57-25-13-11-23-51(57)53-39-56-55-38-46(30-34-61(55)65(62(56)40-58(53)63)50-32-28-42-16-8-10-18-44(42)36-50)45-29-33-60-54(37-45)52-24-12-14-26-59(52)64(60)49-31-27-41-15-7-9-17-43(41)35-49/h1-40H. The maximum Gasteiger partial charge on any atom is 0.0714 e. The first-order valence-electron chi connectivity index (χ1n) is 22.6. The van der Waals surface area contributed by atoms with Crippen LogP contribution in [0.5, 0.6) is 0 Å². The van der Waals surface area contributed by atoms with Crippen molar-refractivity contribution in [1.29, 1.82) is 0 Å². The summed E-state index contributed by atoms with van der Waals surface area (Å²) >= 11 is 0. The Hall–Kier alpha value is -8.46. The molecule has 2 nitrogen and oxygen atoms in total. The van der Waals surface area contributed by atoms with Crippen LogP contribution in [-0.4, -0.2) is 9.13 Å². The summed E-state index contributed by atoms with van der Waals surface area (Å²) in [7, 11) is 0. The normalized spacial score (nSPS) is 13.0. The monoisotopic (exact) mass is 824 g/mol. The first-order chi connectivity index (χ1) is 32.2. The minimum absolute atomic E-state index is 0.500. The molecular formula is C63H40N2. The molecule has 14 rings (SSSR count). The third-order valence-electron chi connectivity index (χ3n) is 14.3. The molecular weight excluding hydrogens is 785 g/mol. The summed E-state index contributed by atoms with van der Waals surface area (Å²) in [4.78, 5) is 0. The fourth-order valence-corrected chi connectivity index (χ4v) is 11.5. The molecule has 11 aromatic carbocycles. The first-order valence-corrected chi connectivity index (χ1v) is 22.6. The number of benzene rings is 11. The molecule has 0 N–H and O–H groups in total. The Morgan fingerprint density at radius 1 is 0.262 bits per heavy atom. The van der Waals surface area contributed by atoms with Crippen LogP contribution in [0.4, 0.5) is 0 Å². The van der Waals surface area contributed by atoms with Gasteiger partial charge in [-0.25, -0.2) is 0 Å². The van der Waals surface area contributed by atoms with Crippen LogP contribution in [0, 0.1) is 0 Å². The average molecular weight is 825 g/mol. The lowest BCUT2D eigenvalue weighted by Gasteiger charge is -2.34. The molecule has 0 unspecified atom stereocenters. The van der Waals surface area contributed by atoms with E-state index in [2.05, 4.69) is 252 Å². The van der Waals surface area contributed by atoms with Crippen molar-refractivity contribution in [1.82, 2.24) is 9.13 Å². The summed E-state index contributed by atoms with van der Waals surface area (Å²) in [6.07, 6.45) is 0. The van der Waals surface area contributed by atoms with Gasteiger partial charge in [-0.15, -0.1) is 0 Å². The van der Waals surface area contributed by atoms with Crippen molar-refractivity contribution < 1.29 is 0 Å². The van der Waals surface area contributed by atoms with E-state index >= 15 is 0 Å². The molecule has 2 heteroatoms. The van der Waals surface area contributed by atoms with Gasteiger partial charge in [-0.3, -0.25) is 0 Å². The van der Waals surface area contributed by atoms with Crippen LogP contribution in [0.1, 0.15) is 22.3 Å². The molecule has 13 aromatic rings. The molecule has 0 aliphatic heterocycles. The highest BCUT2D eigenvalue weighted by Gasteiger charge is 2.46. The van der Waals surface area contributed by atoms with Gasteiger partial charge in [0.2, 0.25) is 0 Å². The fourth-order valence-electron chi connectivity index (χ4n) is 11.5. The lowest BCUT2D eigenvalue weighted by atomic mass is 9.67. The van der Waals surface area contributed by atoms with Crippen molar-refractivity contribution in [2.45, 2.75) is 5.41 Å². The van der Waals surface area contributed by atoms with Gasteiger partial charge in [-0.05, 0) is 133 Å². The van der Waals surface area contributed by atoms with Crippen LogP contribution >= 0.6 is 0 Å². The van der Waals surface area contributed by atoms with Crippen molar-refractivity contribution in [2.75, 3.05) is 0 Å². The van der Waals surface area contributed by atoms with Crippen LogP contribution < -0.4 is 0 Å². The zero-order valence-electron chi connectivity index (χ0n) is 35.5. The van der Waals surface area contributed by atoms with Gasteiger partial charge in [0, 0.05) is 32.9 Å². The first kappa shape index (κ1) is 36.1. The van der Waals surface area contributed by atoms with Crippen molar-refractivity contribution in [2.24, 2.45) is 0 Å². The van der Waals surface area contributed by atoms with Crippen molar-refractivity contribution in [3.63, 3.8) is 0 Å². The maximum atomic E-state index is 2.52. The van der Waals surface area contributed by atoms with Gasteiger partial charge in [0.05, 0.1) is 27.5 Å². The van der Waals surface area contributed by atoms with Gasteiger partial charge < -0.3 is 9.13 Å². The largest absolute Gasteiger partial charge is 0.309 e. The Labute approximate surface area is 376 Å². The number of para-hydroxylation sites is 1. The zero-order chi connectivity index (χ0) is 42.6. The average Bonchev–Trinajstić information content (AvgIpc) is 3.99. The Morgan fingerprint density at radius 3 is 1.37 bits per heavy atom. The lowest BCUT2D eigenvalue weighted by Crippen LogP contribution is -2.28. The molecule has 65 heavy (non-hydrogen) atoms. The smallest absolute Gasteiger partial charge is 0.0714 e. The number of rotatable bonds is 5. The predicted molar refractivity (Wildman–Crippen MR) is 273 cm³/mol. The van der Waals surface area contributed by atoms with Crippen LogP contribution in [0.3, 0.4) is 0 Å². The highest BCUT2D eigenvalue weighted by Crippen LogP contribution is 2.57. The molecule has 0 amide bonds. The maximum absolute atomic E-state index is 2.52. The third kappa shape index (κ3) is 5.17. The molecule has 302 valence electrons. The number of hydrogen-bond acceptors (Lipinski definition) is 0. The van der Waals surface area contributed by atoms with Gasteiger partial charge in [-0.1, -0.05) is 176 Å². The number of nitrogens with zero attached hydrogens (tertiary/aromatic N) is 2. The Balaban J connectivity index is 1.03. The Bertz CT molecular complexity index is 4020. The van der Waals surface area contributed by atoms with Crippen LogP contribution in [0.15, 0.2) is 243 Å². The van der Waals surface area contributed by atoms with E-state index in [1.54, 1.807) is 0 Å². The van der Waals surface area contributed by atoms with Crippen LogP contribution in [0.25, 0.3) is 98.8 Å². The van der Waals surface area contributed by atoms with Crippen LogP contribution in [-0.2, 0) is 5.41 Å². The van der Waals surface area contributed by atoms with E-state index in [0.29, 0.717) is 0 Å². The second-order valence-electron chi connectivity index (χ2n) is 17.7. The van der Waals surface area contributed by atoms with E-state index in [0.717, 1.165) is 5.69 Å². The van der Waals surface area contributed by atoms with Gasteiger partial charge >= 0.3 is 0 Å². The topological polar surface area (TPSA) is 9.86 Å². The molecule has 0 atom stereocenters. The van der Waals surface area contributed by atoms with Crippen LogP contribution in [0.2, 0.25) is 0 Å². The summed E-state index contributed by atoms with van der Waals surface area (Å²) in [6, 6.07) is 90.3. The summed E-state index contributed by atoms with van der Waals surface area (Å²) in [5.74, 6) is 0. The van der Waals surface area contributed by atoms with E-state index in [-0.39, 0.29) is 0 Å². The molecule has 1 aliphatic carbocycles. The van der Waals surface area contributed by atoms with E-state index in [9.17, 15) is 0 Å². The summed E-state index contributed by atoms with van der Waals surface area (Å²) in [5, 5.41) is 9.93. The molecule has 0 radical (unpaired) electrons. The van der Waals surface area contributed by atoms with Gasteiger partial charge in [0.25, 0.3) is 0 Å². The number of hydrogen-bond donors (Lipinski definition) is 0. The zero-order valence-corrected chi connectivity index (χ0v) is 35.5. The number of aromatic nitrogens is 2. The summed E-state index contributed by atoms with van der Waals surface area (Å²) in [5.41, 5.74) is 16.8.